The molecule has 0 saturated heterocycles. The first-order valence-electron chi connectivity index (χ1n) is 10.7. The molecule has 0 atom stereocenters. The predicted octanol–water partition coefficient (Wildman–Crippen LogP) is 5.83. The minimum absolute atomic E-state index is 0.0737. The highest BCUT2D eigenvalue weighted by molar-refractivity contribution is 5.67. The Bertz CT molecular complexity index is 1200. The molecule has 33 heavy (non-hydrogen) atoms. The fraction of sp³-hybridized carbons (Fsp3) is 0.185. The number of benzene rings is 3. The fourth-order valence-electron chi connectivity index (χ4n) is 3.35. The number of aryl methyl sites for hydroxylation is 2. The van der Waals surface area contributed by atoms with Gasteiger partial charge in [0, 0.05) is 12.0 Å². The number of carboxylic acid groups (broad SMARTS) is 1. The highest BCUT2D eigenvalue weighted by Gasteiger charge is 2.12. The van der Waals surface area contributed by atoms with E-state index >= 15 is 0 Å². The molecular weight excluding hydrogens is 418 g/mol. The van der Waals surface area contributed by atoms with Crippen molar-refractivity contribution < 1.29 is 23.8 Å². The Morgan fingerprint density at radius 1 is 0.909 bits per heavy atom. The molecule has 0 saturated carbocycles. The van der Waals surface area contributed by atoms with Gasteiger partial charge in [-0.25, -0.2) is 4.98 Å². The Morgan fingerprint density at radius 3 is 2.39 bits per heavy atom. The van der Waals surface area contributed by atoms with E-state index in [9.17, 15) is 4.79 Å². The molecular formula is C27H25NO5. The molecule has 4 rings (SSSR count). The zero-order valence-corrected chi connectivity index (χ0v) is 18.4. The van der Waals surface area contributed by atoms with Crippen molar-refractivity contribution in [2.45, 2.75) is 33.0 Å². The lowest BCUT2D eigenvalue weighted by atomic mass is 10.1. The number of ether oxygens (including phenoxy) is 2. The van der Waals surface area contributed by atoms with Gasteiger partial charge >= 0.3 is 5.97 Å². The first kappa shape index (κ1) is 22.1. The van der Waals surface area contributed by atoms with Crippen LogP contribution in [-0.2, 0) is 24.4 Å². The molecule has 6 heteroatoms. The number of carbonyl (C=O) groups is 1. The van der Waals surface area contributed by atoms with E-state index in [1.165, 1.54) is 0 Å². The van der Waals surface area contributed by atoms with E-state index < -0.39 is 5.97 Å². The zero-order valence-electron chi connectivity index (χ0n) is 18.4. The summed E-state index contributed by atoms with van der Waals surface area (Å²) < 4.78 is 17.6. The van der Waals surface area contributed by atoms with Crippen molar-refractivity contribution in [1.82, 2.24) is 4.98 Å². The summed E-state index contributed by atoms with van der Waals surface area (Å²) >= 11 is 0. The van der Waals surface area contributed by atoms with Gasteiger partial charge in [0.05, 0.1) is 0 Å². The maximum absolute atomic E-state index is 10.9. The molecule has 0 bridgehead atoms. The van der Waals surface area contributed by atoms with E-state index in [4.69, 9.17) is 19.0 Å². The highest BCUT2D eigenvalue weighted by Crippen LogP contribution is 2.24. The molecule has 3 aromatic carbocycles. The molecule has 0 spiro atoms. The van der Waals surface area contributed by atoms with Crippen LogP contribution in [0.25, 0.3) is 11.5 Å². The molecule has 0 aliphatic carbocycles. The number of hydrogen-bond donors (Lipinski definition) is 1. The number of aliphatic carboxylic acids is 1. The van der Waals surface area contributed by atoms with Crippen LogP contribution in [0.15, 0.2) is 83.3 Å². The first-order valence-corrected chi connectivity index (χ1v) is 10.7. The van der Waals surface area contributed by atoms with E-state index in [1.54, 1.807) is 0 Å². The summed E-state index contributed by atoms with van der Waals surface area (Å²) in [5.41, 5.74) is 3.57. The van der Waals surface area contributed by atoms with Crippen molar-refractivity contribution in [3.63, 3.8) is 0 Å². The van der Waals surface area contributed by atoms with Gasteiger partial charge in [0.15, 0.2) is 0 Å². The molecule has 1 heterocycles. The van der Waals surface area contributed by atoms with Crippen LogP contribution in [0.3, 0.4) is 0 Å². The van der Waals surface area contributed by atoms with E-state index in [1.807, 2.05) is 85.8 Å². The number of hydrogen-bond acceptors (Lipinski definition) is 5. The normalized spacial score (nSPS) is 10.7. The smallest absolute Gasteiger partial charge is 0.303 e. The average molecular weight is 443 g/mol. The maximum Gasteiger partial charge on any atom is 0.303 e. The summed E-state index contributed by atoms with van der Waals surface area (Å²) in [5, 5.41) is 8.92. The number of oxazole rings is 1. The highest BCUT2D eigenvalue weighted by atomic mass is 16.5. The molecule has 0 aliphatic heterocycles. The van der Waals surface area contributed by atoms with Gasteiger partial charge in [-0.3, -0.25) is 4.79 Å². The zero-order chi connectivity index (χ0) is 23.0. The van der Waals surface area contributed by atoms with E-state index in [0.29, 0.717) is 31.3 Å². The molecule has 4 aromatic rings. The lowest BCUT2D eigenvalue weighted by Crippen LogP contribution is -2.02. The molecule has 6 nitrogen and oxygen atoms in total. The van der Waals surface area contributed by atoms with Gasteiger partial charge in [0.25, 0.3) is 0 Å². The van der Waals surface area contributed by atoms with Gasteiger partial charge in [-0.2, -0.15) is 0 Å². The molecule has 1 aromatic heterocycles. The Kier molecular flexibility index (Phi) is 7.05. The van der Waals surface area contributed by atoms with Crippen molar-refractivity contribution in [2.75, 3.05) is 0 Å². The molecule has 0 fully saturated rings. The summed E-state index contributed by atoms with van der Waals surface area (Å²) in [6.07, 6.45) is 0.510. The largest absolute Gasteiger partial charge is 0.489 e. The van der Waals surface area contributed by atoms with Crippen molar-refractivity contribution in [1.29, 1.82) is 0 Å². The number of nitrogens with zero attached hydrogens (tertiary/aromatic N) is 1. The Hall–Kier alpha value is -4.06. The lowest BCUT2D eigenvalue weighted by molar-refractivity contribution is -0.136. The van der Waals surface area contributed by atoms with Crippen molar-refractivity contribution >= 4 is 5.97 Å². The van der Waals surface area contributed by atoms with Gasteiger partial charge in [-0.05, 0) is 54.8 Å². The SMILES string of the molecule is Cc1oc(-c2ccccc2)nc1COc1ccc(COc2ccccc2CCC(=O)O)cc1. The van der Waals surface area contributed by atoms with Crippen LogP contribution in [0.4, 0.5) is 0 Å². The monoisotopic (exact) mass is 443 g/mol. The topological polar surface area (TPSA) is 81.8 Å². The quantitative estimate of drug-likeness (QED) is 0.332. The fourth-order valence-corrected chi connectivity index (χ4v) is 3.35. The van der Waals surface area contributed by atoms with Crippen LogP contribution in [0.2, 0.25) is 0 Å². The first-order chi connectivity index (χ1) is 16.1. The van der Waals surface area contributed by atoms with Crippen LogP contribution in [0.1, 0.15) is 29.0 Å². The van der Waals surface area contributed by atoms with Crippen LogP contribution in [0.5, 0.6) is 11.5 Å². The number of carboxylic acids is 1. The van der Waals surface area contributed by atoms with Crippen molar-refractivity contribution in [3.05, 3.63) is 101 Å². The number of rotatable bonds is 10. The second-order valence-electron chi connectivity index (χ2n) is 7.61. The van der Waals surface area contributed by atoms with Crippen LogP contribution >= 0.6 is 0 Å². The second kappa shape index (κ2) is 10.5. The molecule has 0 amide bonds. The minimum Gasteiger partial charge on any atom is -0.489 e. The second-order valence-corrected chi connectivity index (χ2v) is 7.61. The molecule has 0 radical (unpaired) electrons. The van der Waals surface area contributed by atoms with E-state index in [-0.39, 0.29) is 6.42 Å². The van der Waals surface area contributed by atoms with Crippen molar-refractivity contribution in [3.8, 4) is 23.0 Å². The van der Waals surface area contributed by atoms with Crippen LogP contribution in [-0.4, -0.2) is 16.1 Å². The number of aromatic nitrogens is 1. The third kappa shape index (κ3) is 6.01. The third-order valence-electron chi connectivity index (χ3n) is 5.19. The Morgan fingerprint density at radius 2 is 1.64 bits per heavy atom. The van der Waals surface area contributed by atoms with Gasteiger partial charge in [0.2, 0.25) is 5.89 Å². The number of para-hydroxylation sites is 1. The summed E-state index contributed by atoms with van der Waals surface area (Å²) in [6, 6.07) is 25.0. The summed E-state index contributed by atoms with van der Waals surface area (Å²) in [4.78, 5) is 15.4. The third-order valence-corrected chi connectivity index (χ3v) is 5.19. The van der Waals surface area contributed by atoms with Crippen LogP contribution < -0.4 is 9.47 Å². The van der Waals surface area contributed by atoms with Gasteiger partial charge < -0.3 is 19.0 Å². The van der Waals surface area contributed by atoms with Crippen molar-refractivity contribution in [2.24, 2.45) is 0 Å². The van der Waals surface area contributed by atoms with Crippen LogP contribution in [0, 0.1) is 6.92 Å². The molecule has 168 valence electrons. The van der Waals surface area contributed by atoms with E-state index in [2.05, 4.69) is 4.98 Å². The minimum atomic E-state index is -0.822. The van der Waals surface area contributed by atoms with Gasteiger partial charge in [-0.1, -0.05) is 48.5 Å². The molecule has 0 aliphatic rings. The molecule has 0 unspecified atom stereocenters. The summed E-state index contributed by atoms with van der Waals surface area (Å²) in [5.74, 6) is 1.93. The standard InChI is InChI=1S/C27H25NO5/c1-19-24(28-27(33-19)22-8-3-2-4-9-22)18-31-23-14-11-20(12-15-23)17-32-25-10-6-5-7-21(25)13-16-26(29)30/h2-12,14-15H,13,16-18H2,1H3,(H,29,30). The maximum atomic E-state index is 10.9. The van der Waals surface area contributed by atoms with Gasteiger partial charge in [-0.15, -0.1) is 0 Å². The average Bonchev–Trinajstić information content (AvgIpc) is 3.22. The van der Waals surface area contributed by atoms with Gasteiger partial charge in [0.1, 0.15) is 36.2 Å². The Labute approximate surface area is 192 Å². The Balaban J connectivity index is 1.32. The summed E-state index contributed by atoms with van der Waals surface area (Å²) in [7, 11) is 0. The summed E-state index contributed by atoms with van der Waals surface area (Å²) in [6.45, 7) is 2.58. The predicted molar refractivity (Wildman–Crippen MR) is 124 cm³/mol. The van der Waals surface area contributed by atoms with E-state index in [0.717, 1.165) is 33.9 Å². The molecule has 1 N–H and O–H groups in total. The lowest BCUT2D eigenvalue weighted by Gasteiger charge is -2.11.